The standard InChI is InChI=1S/C33H34NP/c1-24(2)29-20-13-21-30(25(3)4)33(29)34-35(27-15-7-5-8-16-27,28-17-9-6-10-18-28)32-23-22-26-14-11-12-19-31(26)32/h5-21,23-25H,22H2,1-4H3. The van der Waals surface area contributed by atoms with Crippen molar-refractivity contribution in [1.82, 2.24) is 0 Å². The summed E-state index contributed by atoms with van der Waals surface area (Å²) in [7, 11) is -2.35. The molecule has 0 heterocycles. The molecule has 0 bridgehead atoms. The fourth-order valence-electron chi connectivity index (χ4n) is 5.23. The zero-order chi connectivity index (χ0) is 24.4. The van der Waals surface area contributed by atoms with Gasteiger partial charge < -0.3 is 0 Å². The van der Waals surface area contributed by atoms with Crippen LogP contribution in [0.4, 0.5) is 5.69 Å². The summed E-state index contributed by atoms with van der Waals surface area (Å²) in [5.41, 5.74) is 6.60. The second-order valence-corrected chi connectivity index (χ2v) is 12.9. The summed E-state index contributed by atoms with van der Waals surface area (Å²) in [5, 5.41) is 4.00. The highest BCUT2D eigenvalue weighted by Crippen LogP contribution is 2.64. The highest BCUT2D eigenvalue weighted by Gasteiger charge is 2.34. The van der Waals surface area contributed by atoms with Crippen molar-refractivity contribution in [2.45, 2.75) is 46.0 Å². The Hall–Kier alpha value is -3.15. The Kier molecular flexibility index (Phi) is 6.63. The minimum atomic E-state index is -2.35. The number of allylic oxidation sites excluding steroid dienone is 1. The summed E-state index contributed by atoms with van der Waals surface area (Å²) in [6.45, 7) is 9.14. The number of fused-ring (bicyclic) bond motifs is 1. The Balaban J connectivity index is 1.97. The van der Waals surface area contributed by atoms with Crippen LogP contribution in [0, 0.1) is 0 Å². The molecule has 1 nitrogen and oxygen atoms in total. The SMILES string of the molecule is CC(C)c1cccc(C(C)C)c1N=P(C1=CCc2ccccc21)(c1ccccc1)c1ccccc1. The lowest BCUT2D eigenvalue weighted by molar-refractivity contribution is 0.835. The molecule has 1 aliphatic carbocycles. The first-order valence-electron chi connectivity index (χ1n) is 12.7. The normalized spacial score (nSPS) is 13.1. The lowest BCUT2D eigenvalue weighted by atomic mass is 9.93. The zero-order valence-electron chi connectivity index (χ0n) is 21.1. The van der Waals surface area contributed by atoms with Crippen molar-refractivity contribution < 1.29 is 0 Å². The molecule has 0 N–H and O–H groups in total. The topological polar surface area (TPSA) is 12.4 Å². The van der Waals surface area contributed by atoms with Gasteiger partial charge in [0.2, 0.25) is 0 Å². The van der Waals surface area contributed by atoms with Crippen LogP contribution in [0.15, 0.2) is 114 Å². The molecule has 0 saturated heterocycles. The summed E-state index contributed by atoms with van der Waals surface area (Å²) in [6.07, 6.45) is 3.42. The van der Waals surface area contributed by atoms with E-state index < -0.39 is 7.05 Å². The Morgan fingerprint density at radius 3 is 1.66 bits per heavy atom. The Bertz CT molecular complexity index is 1340. The van der Waals surface area contributed by atoms with Crippen LogP contribution in [0.3, 0.4) is 0 Å². The number of rotatable bonds is 6. The molecule has 4 aromatic rings. The Morgan fingerprint density at radius 2 is 1.11 bits per heavy atom. The van der Waals surface area contributed by atoms with E-state index in [1.54, 1.807) is 0 Å². The van der Waals surface area contributed by atoms with Crippen LogP contribution in [0.1, 0.15) is 61.8 Å². The van der Waals surface area contributed by atoms with E-state index in [1.165, 1.54) is 43.9 Å². The molecule has 0 amide bonds. The van der Waals surface area contributed by atoms with Crippen LogP contribution in [-0.2, 0) is 6.42 Å². The summed E-state index contributed by atoms with van der Waals surface area (Å²) < 4.78 is 6.00. The van der Waals surface area contributed by atoms with Crippen molar-refractivity contribution in [3.05, 3.63) is 131 Å². The molecule has 4 aromatic carbocycles. The molecule has 0 fully saturated rings. The predicted molar refractivity (Wildman–Crippen MR) is 154 cm³/mol. The van der Waals surface area contributed by atoms with Crippen LogP contribution >= 0.6 is 7.05 Å². The van der Waals surface area contributed by atoms with E-state index in [-0.39, 0.29) is 0 Å². The third kappa shape index (κ3) is 4.24. The van der Waals surface area contributed by atoms with E-state index in [0.29, 0.717) is 11.8 Å². The van der Waals surface area contributed by atoms with Gasteiger partial charge in [-0.15, -0.1) is 0 Å². The van der Waals surface area contributed by atoms with E-state index in [0.717, 1.165) is 6.42 Å². The highest BCUT2D eigenvalue weighted by molar-refractivity contribution is 7.89. The van der Waals surface area contributed by atoms with Crippen LogP contribution < -0.4 is 10.6 Å². The summed E-state index contributed by atoms with van der Waals surface area (Å²) in [6, 6.07) is 37.7. The van der Waals surface area contributed by atoms with Crippen LogP contribution in [0.25, 0.3) is 5.31 Å². The number of hydrogen-bond donors (Lipinski definition) is 0. The van der Waals surface area contributed by atoms with Gasteiger partial charge in [-0.3, -0.25) is 4.74 Å². The maximum atomic E-state index is 6.00. The maximum absolute atomic E-state index is 6.00. The first kappa shape index (κ1) is 23.6. The van der Waals surface area contributed by atoms with Gasteiger partial charge in [-0.2, -0.15) is 0 Å². The average Bonchev–Trinajstić information content (AvgIpc) is 3.32. The van der Waals surface area contributed by atoms with Crippen LogP contribution in [0.5, 0.6) is 0 Å². The first-order chi connectivity index (χ1) is 17.0. The second-order valence-electron chi connectivity index (χ2n) is 9.95. The van der Waals surface area contributed by atoms with Gasteiger partial charge in [-0.1, -0.05) is 137 Å². The summed E-state index contributed by atoms with van der Waals surface area (Å²) in [5.74, 6) is 0.788. The van der Waals surface area contributed by atoms with Crippen molar-refractivity contribution in [2.75, 3.05) is 0 Å². The molecule has 0 spiro atoms. The molecular formula is C33H34NP. The van der Waals surface area contributed by atoms with Crippen molar-refractivity contribution in [3.63, 3.8) is 0 Å². The molecule has 0 atom stereocenters. The van der Waals surface area contributed by atoms with E-state index >= 15 is 0 Å². The first-order valence-corrected chi connectivity index (χ1v) is 14.4. The van der Waals surface area contributed by atoms with Crippen molar-refractivity contribution >= 4 is 28.7 Å². The number of nitrogens with zero attached hydrogens (tertiary/aromatic N) is 1. The molecule has 0 aliphatic heterocycles. The molecule has 5 rings (SSSR count). The third-order valence-electron chi connectivity index (χ3n) is 7.01. The van der Waals surface area contributed by atoms with Gasteiger partial charge in [0.05, 0.1) is 12.7 Å². The molecule has 35 heavy (non-hydrogen) atoms. The van der Waals surface area contributed by atoms with Gasteiger partial charge >= 0.3 is 0 Å². The van der Waals surface area contributed by atoms with Gasteiger partial charge in [0, 0.05) is 15.9 Å². The van der Waals surface area contributed by atoms with Crippen LogP contribution in [-0.4, -0.2) is 0 Å². The molecule has 0 radical (unpaired) electrons. The van der Waals surface area contributed by atoms with E-state index in [9.17, 15) is 0 Å². The van der Waals surface area contributed by atoms with Gasteiger partial charge in [0.25, 0.3) is 0 Å². The van der Waals surface area contributed by atoms with E-state index in [2.05, 4.69) is 137 Å². The number of benzene rings is 4. The molecular weight excluding hydrogens is 441 g/mol. The molecule has 176 valence electrons. The minimum absolute atomic E-state index is 0.394. The lowest BCUT2D eigenvalue weighted by Gasteiger charge is -2.30. The molecule has 0 saturated carbocycles. The third-order valence-corrected chi connectivity index (χ3v) is 10.7. The van der Waals surface area contributed by atoms with Crippen molar-refractivity contribution in [1.29, 1.82) is 0 Å². The molecule has 2 heteroatoms. The highest BCUT2D eigenvalue weighted by atomic mass is 31.2. The zero-order valence-corrected chi connectivity index (χ0v) is 22.0. The monoisotopic (exact) mass is 475 g/mol. The van der Waals surface area contributed by atoms with Crippen molar-refractivity contribution in [2.24, 2.45) is 4.74 Å². The van der Waals surface area contributed by atoms with Gasteiger partial charge in [0.15, 0.2) is 0 Å². The fraction of sp³-hybridized carbons (Fsp3) is 0.212. The summed E-state index contributed by atoms with van der Waals surface area (Å²) in [4.78, 5) is 0. The fourth-order valence-corrected chi connectivity index (χ4v) is 9.09. The smallest absolute Gasteiger partial charge is 0.0694 e. The van der Waals surface area contributed by atoms with E-state index in [4.69, 9.17) is 4.74 Å². The molecule has 0 aromatic heterocycles. The largest absolute Gasteiger partial charge is 0.253 e. The van der Waals surface area contributed by atoms with E-state index in [1.807, 2.05) is 0 Å². The van der Waals surface area contributed by atoms with Crippen LogP contribution in [0.2, 0.25) is 0 Å². The quantitative estimate of drug-likeness (QED) is 0.247. The van der Waals surface area contributed by atoms with Gasteiger partial charge in [-0.05, 0) is 40.5 Å². The number of hydrogen-bond acceptors (Lipinski definition) is 1. The molecule has 1 aliphatic rings. The van der Waals surface area contributed by atoms with Gasteiger partial charge in [0.1, 0.15) is 0 Å². The Morgan fingerprint density at radius 1 is 0.600 bits per heavy atom. The summed E-state index contributed by atoms with van der Waals surface area (Å²) >= 11 is 0. The van der Waals surface area contributed by atoms with Crippen molar-refractivity contribution in [3.8, 4) is 0 Å². The Labute approximate surface area is 210 Å². The lowest BCUT2D eigenvalue weighted by Crippen LogP contribution is -2.17. The second kappa shape index (κ2) is 9.84. The molecule has 0 unspecified atom stereocenters. The minimum Gasteiger partial charge on any atom is -0.253 e. The predicted octanol–water partition coefficient (Wildman–Crippen LogP) is 9.01. The van der Waals surface area contributed by atoms with Gasteiger partial charge in [-0.25, -0.2) is 0 Å². The maximum Gasteiger partial charge on any atom is 0.0694 e. The average molecular weight is 476 g/mol.